The molecule has 1 aliphatic heterocycles. The van der Waals surface area contributed by atoms with Gasteiger partial charge in [0.25, 0.3) is 0 Å². The topological polar surface area (TPSA) is 105 Å². The van der Waals surface area contributed by atoms with Gasteiger partial charge in [0, 0.05) is 36.2 Å². The van der Waals surface area contributed by atoms with Crippen molar-refractivity contribution in [2.45, 2.75) is 37.1 Å². The number of pyridine rings is 1. The fraction of sp³-hybridized carbons (Fsp3) is 0.296. The summed E-state index contributed by atoms with van der Waals surface area (Å²) in [4.78, 5) is 41.0. The average molecular weight is 514 g/mol. The summed E-state index contributed by atoms with van der Waals surface area (Å²) in [5, 5.41) is 6.67. The number of fused-ring (bicyclic) bond motifs is 3. The van der Waals surface area contributed by atoms with Gasteiger partial charge in [-0.05, 0) is 60.6 Å². The van der Waals surface area contributed by atoms with Crippen molar-refractivity contribution in [1.82, 2.24) is 19.4 Å². The highest BCUT2D eigenvalue weighted by molar-refractivity contribution is 6.31. The normalized spacial score (nSPS) is 21.9. The van der Waals surface area contributed by atoms with E-state index in [2.05, 4.69) is 48.3 Å². The van der Waals surface area contributed by atoms with Gasteiger partial charge in [0.05, 0.1) is 23.6 Å². The minimum atomic E-state index is -0.852. The lowest BCUT2D eigenvalue weighted by Crippen LogP contribution is -2.32. The van der Waals surface area contributed by atoms with Crippen LogP contribution < -0.4 is 15.5 Å². The zero-order chi connectivity index (χ0) is 25.3. The maximum Gasteiger partial charge on any atom is 0.238 e. The number of amides is 2. The Hall–Kier alpha value is -3.98. The van der Waals surface area contributed by atoms with Gasteiger partial charge < -0.3 is 19.9 Å². The molecule has 3 aromatic heterocycles. The zero-order valence-electron chi connectivity index (χ0n) is 20.1. The number of nitrogens with one attached hydrogen (secondary N) is 2. The van der Waals surface area contributed by atoms with Gasteiger partial charge in [0.1, 0.15) is 23.6 Å². The van der Waals surface area contributed by atoms with Crippen molar-refractivity contribution >= 4 is 46.4 Å². The van der Waals surface area contributed by atoms with Crippen molar-refractivity contribution in [3.8, 4) is 0 Å². The van der Waals surface area contributed by atoms with E-state index in [1.165, 1.54) is 24.7 Å². The number of nitrogens with zero attached hydrogens (tertiary/aromatic N) is 5. The molecule has 2 atom stereocenters. The largest absolute Gasteiger partial charge is 0.364 e. The molecule has 4 heterocycles. The van der Waals surface area contributed by atoms with Gasteiger partial charge in [-0.2, -0.15) is 0 Å². The molecule has 0 bridgehead atoms. The average Bonchev–Trinajstić information content (AvgIpc) is 3.81. The van der Waals surface area contributed by atoms with E-state index in [-0.39, 0.29) is 11.8 Å². The number of hydrogen-bond acceptors (Lipinski definition) is 6. The van der Waals surface area contributed by atoms with Crippen LogP contribution in [0.2, 0.25) is 5.02 Å². The van der Waals surface area contributed by atoms with E-state index in [0.717, 1.165) is 22.6 Å². The lowest BCUT2D eigenvalue weighted by molar-refractivity contribution is -0.123. The molecule has 1 aromatic carbocycles. The summed E-state index contributed by atoms with van der Waals surface area (Å²) in [6.45, 7) is 0.481. The first-order valence-corrected chi connectivity index (χ1v) is 12.7. The van der Waals surface area contributed by atoms with Crippen LogP contribution in [0.3, 0.4) is 0 Å². The van der Waals surface area contributed by atoms with Crippen LogP contribution >= 0.6 is 11.6 Å². The second-order valence-electron chi connectivity index (χ2n) is 10.1. The molecule has 3 aliphatic rings. The van der Waals surface area contributed by atoms with E-state index >= 15 is 0 Å². The first-order chi connectivity index (χ1) is 17.9. The molecule has 7 rings (SSSR count). The fourth-order valence-corrected chi connectivity index (χ4v) is 5.69. The van der Waals surface area contributed by atoms with Crippen molar-refractivity contribution < 1.29 is 9.59 Å². The summed E-state index contributed by atoms with van der Waals surface area (Å²) in [5.41, 5.74) is 3.91. The molecule has 2 saturated carbocycles. The van der Waals surface area contributed by atoms with Crippen molar-refractivity contribution in [2.75, 3.05) is 22.6 Å². The minimum absolute atomic E-state index is 0.0772. The minimum Gasteiger partial charge on any atom is -0.364 e. The van der Waals surface area contributed by atoms with Gasteiger partial charge in [0.15, 0.2) is 0 Å². The summed E-state index contributed by atoms with van der Waals surface area (Å²) in [6.07, 6.45) is 8.55. The number of hydrogen-bond donors (Lipinski definition) is 2. The summed E-state index contributed by atoms with van der Waals surface area (Å²) >= 11 is 6.21. The van der Waals surface area contributed by atoms with Gasteiger partial charge in [-0.15, -0.1) is 0 Å². The molecule has 2 fully saturated rings. The van der Waals surface area contributed by atoms with Gasteiger partial charge in [-0.1, -0.05) is 17.7 Å². The molecular formula is C27H24ClN7O2. The Kier molecular flexibility index (Phi) is 4.81. The van der Waals surface area contributed by atoms with Crippen molar-refractivity contribution in [1.29, 1.82) is 0 Å². The standard InChI is InChI=1S/C27H24ClN7O2/c1-34-21-6-5-17(28)8-19(21)27(26(34)37)10-20(27)25(36)33-23-9-22(30-14-31-23)29-11-18-13-35-12-16(15-2-3-15)4-7-24(35)32-18/h4-9,12-15,20H,2-3,10-11H2,1H3,(H2,29,30,31,33,36)/t20?,27-/m1/s1. The number of halogens is 1. The highest BCUT2D eigenvalue weighted by atomic mass is 35.5. The third-order valence-electron chi connectivity index (χ3n) is 7.71. The molecule has 1 unspecified atom stereocenters. The monoisotopic (exact) mass is 513 g/mol. The zero-order valence-corrected chi connectivity index (χ0v) is 20.9. The SMILES string of the molecule is CN1C(=O)[C@]2(CC2C(=O)Nc2cc(NCc3cn4cc(C5CC5)ccc4n3)ncn2)c2cc(Cl)ccc21. The van der Waals surface area contributed by atoms with Crippen LogP contribution in [0.25, 0.3) is 5.65 Å². The lowest BCUT2D eigenvalue weighted by atomic mass is 9.94. The number of imidazole rings is 1. The van der Waals surface area contributed by atoms with E-state index in [4.69, 9.17) is 11.6 Å². The second kappa shape index (κ2) is 8.01. The van der Waals surface area contributed by atoms with Crippen molar-refractivity contribution in [2.24, 2.45) is 5.92 Å². The van der Waals surface area contributed by atoms with Crippen LogP contribution in [-0.2, 0) is 21.5 Å². The van der Waals surface area contributed by atoms with Crippen LogP contribution in [-0.4, -0.2) is 38.2 Å². The second-order valence-corrected chi connectivity index (χ2v) is 10.6. The Morgan fingerprint density at radius 3 is 2.81 bits per heavy atom. The molecule has 9 nitrogen and oxygen atoms in total. The molecule has 2 amide bonds. The summed E-state index contributed by atoms with van der Waals surface area (Å²) in [6, 6.07) is 11.3. The first kappa shape index (κ1) is 22.2. The molecule has 0 saturated heterocycles. The predicted octanol–water partition coefficient (Wildman–Crippen LogP) is 4.14. The van der Waals surface area contributed by atoms with E-state index in [1.54, 1.807) is 30.1 Å². The van der Waals surface area contributed by atoms with E-state index in [9.17, 15) is 9.59 Å². The summed E-state index contributed by atoms with van der Waals surface area (Å²) in [5.74, 6) is 0.831. The number of benzene rings is 1. The Labute approximate surface area is 217 Å². The summed E-state index contributed by atoms with van der Waals surface area (Å²) < 4.78 is 2.06. The maximum atomic E-state index is 13.1. The van der Waals surface area contributed by atoms with Crippen LogP contribution in [0, 0.1) is 5.92 Å². The molecule has 0 radical (unpaired) electrons. The van der Waals surface area contributed by atoms with Gasteiger partial charge in [0.2, 0.25) is 11.8 Å². The van der Waals surface area contributed by atoms with Gasteiger partial charge in [-0.3, -0.25) is 9.59 Å². The number of anilines is 3. The van der Waals surface area contributed by atoms with E-state index in [0.29, 0.717) is 35.5 Å². The van der Waals surface area contributed by atoms with Gasteiger partial charge >= 0.3 is 0 Å². The van der Waals surface area contributed by atoms with Crippen molar-refractivity contribution in [3.05, 3.63) is 77.0 Å². The van der Waals surface area contributed by atoms with E-state index in [1.807, 2.05) is 12.3 Å². The molecule has 186 valence electrons. The molecule has 10 heteroatoms. The van der Waals surface area contributed by atoms with Crippen LogP contribution in [0.15, 0.2) is 55.1 Å². The van der Waals surface area contributed by atoms with Gasteiger partial charge in [-0.25, -0.2) is 15.0 Å². The third-order valence-corrected chi connectivity index (χ3v) is 7.94. The fourth-order valence-electron chi connectivity index (χ4n) is 5.52. The predicted molar refractivity (Wildman–Crippen MR) is 140 cm³/mol. The van der Waals surface area contributed by atoms with E-state index < -0.39 is 11.3 Å². The molecule has 1 spiro atoms. The van der Waals surface area contributed by atoms with Crippen LogP contribution in [0.4, 0.5) is 17.3 Å². The number of rotatable bonds is 6. The quantitative estimate of drug-likeness (QED) is 0.401. The van der Waals surface area contributed by atoms with Crippen LogP contribution in [0.1, 0.15) is 42.0 Å². The maximum absolute atomic E-state index is 13.1. The highest BCUT2D eigenvalue weighted by Gasteiger charge is 2.69. The molecule has 2 aliphatic carbocycles. The number of likely N-dealkylation sites (N-methyl/N-ethyl adjacent to an activating group) is 1. The summed E-state index contributed by atoms with van der Waals surface area (Å²) in [7, 11) is 1.73. The van der Waals surface area contributed by atoms with Crippen molar-refractivity contribution in [3.63, 3.8) is 0 Å². The number of carbonyl (C=O) groups is 2. The smallest absolute Gasteiger partial charge is 0.238 e. The third kappa shape index (κ3) is 3.64. The number of aromatic nitrogens is 4. The Morgan fingerprint density at radius 1 is 1.14 bits per heavy atom. The molecule has 4 aromatic rings. The highest BCUT2D eigenvalue weighted by Crippen LogP contribution is 2.62. The molecular weight excluding hydrogens is 490 g/mol. The Morgan fingerprint density at radius 2 is 1.97 bits per heavy atom. The molecule has 2 N–H and O–H groups in total. The number of carbonyl (C=O) groups excluding carboxylic acids is 2. The first-order valence-electron chi connectivity index (χ1n) is 12.3. The molecule has 37 heavy (non-hydrogen) atoms. The lowest BCUT2D eigenvalue weighted by Gasteiger charge is -2.11. The Bertz CT molecular complexity index is 1600. The Balaban J connectivity index is 1.03. The van der Waals surface area contributed by atoms with Crippen LogP contribution in [0.5, 0.6) is 0 Å².